The zero-order chi connectivity index (χ0) is 13.7. The summed E-state index contributed by atoms with van der Waals surface area (Å²) in [5, 5.41) is 8.79. The molecule has 6 nitrogen and oxygen atoms in total. The number of hydrogen-bond acceptors (Lipinski definition) is 5. The summed E-state index contributed by atoms with van der Waals surface area (Å²) in [4.78, 5) is 21.1. The summed E-state index contributed by atoms with van der Waals surface area (Å²) in [5.74, 6) is 1.01. The average Bonchev–Trinajstić information content (AvgIpc) is 2.40. The van der Waals surface area contributed by atoms with Crippen molar-refractivity contribution in [3.8, 4) is 5.88 Å². The largest absolute Gasteiger partial charge is 0.481 e. The van der Waals surface area contributed by atoms with Crippen LogP contribution in [0.5, 0.6) is 5.88 Å². The maximum atomic E-state index is 10.7. The average molecular weight is 265 g/mol. The molecule has 0 saturated carbocycles. The predicted molar refractivity (Wildman–Crippen MR) is 70.4 cm³/mol. The first-order chi connectivity index (χ1) is 9.19. The molecule has 0 bridgehead atoms. The van der Waals surface area contributed by atoms with E-state index < -0.39 is 5.97 Å². The van der Waals surface area contributed by atoms with Crippen molar-refractivity contribution in [2.75, 3.05) is 24.6 Å². The highest BCUT2D eigenvalue weighted by molar-refractivity contribution is 5.67. The van der Waals surface area contributed by atoms with Gasteiger partial charge in [0.2, 0.25) is 5.88 Å². The SMILES string of the molecule is CCOc1cc(N2CCC(CC(=O)O)CC2)ncn1. The second-order valence-corrected chi connectivity index (χ2v) is 4.68. The molecule has 0 radical (unpaired) electrons. The van der Waals surface area contributed by atoms with Gasteiger partial charge in [0.25, 0.3) is 0 Å². The third-order valence-electron chi connectivity index (χ3n) is 3.32. The lowest BCUT2D eigenvalue weighted by Gasteiger charge is -2.32. The molecule has 0 atom stereocenters. The van der Waals surface area contributed by atoms with Gasteiger partial charge in [-0.25, -0.2) is 9.97 Å². The molecule has 1 N–H and O–H groups in total. The number of carboxylic acid groups (broad SMARTS) is 1. The minimum Gasteiger partial charge on any atom is -0.481 e. The van der Waals surface area contributed by atoms with Crippen molar-refractivity contribution in [3.05, 3.63) is 12.4 Å². The van der Waals surface area contributed by atoms with E-state index in [0.717, 1.165) is 31.7 Å². The standard InChI is InChI=1S/C13H19N3O3/c1-2-19-12-8-11(14-9-15-12)16-5-3-10(4-6-16)7-13(17)18/h8-10H,2-7H2,1H3,(H,17,18). The summed E-state index contributed by atoms with van der Waals surface area (Å²) < 4.78 is 5.36. The van der Waals surface area contributed by atoms with Gasteiger partial charge in [-0.15, -0.1) is 0 Å². The molecule has 1 fully saturated rings. The lowest BCUT2D eigenvalue weighted by atomic mass is 9.94. The Kier molecular flexibility index (Phi) is 4.54. The van der Waals surface area contributed by atoms with Gasteiger partial charge < -0.3 is 14.7 Å². The first-order valence-corrected chi connectivity index (χ1v) is 6.60. The van der Waals surface area contributed by atoms with E-state index >= 15 is 0 Å². The zero-order valence-electron chi connectivity index (χ0n) is 11.1. The molecule has 0 amide bonds. The minimum atomic E-state index is -0.709. The van der Waals surface area contributed by atoms with Gasteiger partial charge in [-0.3, -0.25) is 4.79 Å². The van der Waals surface area contributed by atoms with E-state index in [1.807, 2.05) is 13.0 Å². The summed E-state index contributed by atoms with van der Waals surface area (Å²) in [6.07, 6.45) is 3.55. The highest BCUT2D eigenvalue weighted by Crippen LogP contribution is 2.25. The van der Waals surface area contributed by atoms with Crippen LogP contribution in [-0.2, 0) is 4.79 Å². The summed E-state index contributed by atoms with van der Waals surface area (Å²) >= 11 is 0. The van der Waals surface area contributed by atoms with Crippen molar-refractivity contribution < 1.29 is 14.6 Å². The maximum Gasteiger partial charge on any atom is 0.303 e. The molecule has 0 spiro atoms. The van der Waals surface area contributed by atoms with E-state index in [1.165, 1.54) is 6.33 Å². The topological polar surface area (TPSA) is 75.5 Å². The number of hydrogen-bond donors (Lipinski definition) is 1. The second-order valence-electron chi connectivity index (χ2n) is 4.68. The van der Waals surface area contributed by atoms with E-state index in [1.54, 1.807) is 0 Å². The zero-order valence-corrected chi connectivity index (χ0v) is 11.1. The lowest BCUT2D eigenvalue weighted by molar-refractivity contribution is -0.138. The number of carbonyl (C=O) groups is 1. The van der Waals surface area contributed by atoms with Gasteiger partial charge >= 0.3 is 5.97 Å². The van der Waals surface area contributed by atoms with Crippen LogP contribution in [0.1, 0.15) is 26.2 Å². The number of rotatable bonds is 5. The molecule has 19 heavy (non-hydrogen) atoms. The first kappa shape index (κ1) is 13.6. The molecule has 0 aromatic carbocycles. The molecular weight excluding hydrogens is 246 g/mol. The number of aromatic nitrogens is 2. The van der Waals surface area contributed by atoms with E-state index in [0.29, 0.717) is 12.5 Å². The van der Waals surface area contributed by atoms with Crippen molar-refractivity contribution in [1.82, 2.24) is 9.97 Å². The van der Waals surface area contributed by atoms with Crippen LogP contribution in [-0.4, -0.2) is 40.7 Å². The number of ether oxygens (including phenoxy) is 1. The molecule has 0 unspecified atom stereocenters. The molecule has 6 heteroatoms. The molecule has 1 aromatic rings. The maximum absolute atomic E-state index is 10.7. The molecule has 1 aromatic heterocycles. The van der Waals surface area contributed by atoms with Gasteiger partial charge in [0.15, 0.2) is 0 Å². The van der Waals surface area contributed by atoms with Crippen LogP contribution in [0.4, 0.5) is 5.82 Å². The van der Waals surface area contributed by atoms with Crippen LogP contribution in [0, 0.1) is 5.92 Å². The Morgan fingerprint density at radius 1 is 1.47 bits per heavy atom. The van der Waals surface area contributed by atoms with Crippen LogP contribution >= 0.6 is 0 Å². The summed E-state index contributed by atoms with van der Waals surface area (Å²) in [6.45, 7) is 4.16. The third-order valence-corrected chi connectivity index (χ3v) is 3.32. The van der Waals surface area contributed by atoms with Gasteiger partial charge in [-0.2, -0.15) is 0 Å². The van der Waals surface area contributed by atoms with Crippen molar-refractivity contribution in [2.24, 2.45) is 5.92 Å². The third kappa shape index (κ3) is 3.81. The van der Waals surface area contributed by atoms with Gasteiger partial charge in [0, 0.05) is 25.6 Å². The van der Waals surface area contributed by atoms with Gasteiger partial charge in [-0.1, -0.05) is 0 Å². The van der Waals surface area contributed by atoms with Crippen molar-refractivity contribution in [3.63, 3.8) is 0 Å². The van der Waals surface area contributed by atoms with Crippen molar-refractivity contribution >= 4 is 11.8 Å². The number of carboxylic acids is 1. The van der Waals surface area contributed by atoms with Crippen LogP contribution in [0.25, 0.3) is 0 Å². The number of piperidine rings is 1. The van der Waals surface area contributed by atoms with Crippen LogP contribution in [0.15, 0.2) is 12.4 Å². The Morgan fingerprint density at radius 2 is 2.21 bits per heavy atom. The van der Waals surface area contributed by atoms with Gasteiger partial charge in [0.05, 0.1) is 6.61 Å². The fourth-order valence-corrected chi connectivity index (χ4v) is 2.34. The molecule has 2 rings (SSSR count). The fraction of sp³-hybridized carbons (Fsp3) is 0.615. The molecule has 2 heterocycles. The Hall–Kier alpha value is -1.85. The highest BCUT2D eigenvalue weighted by atomic mass is 16.5. The molecule has 1 aliphatic rings. The van der Waals surface area contributed by atoms with E-state index in [-0.39, 0.29) is 12.3 Å². The predicted octanol–water partition coefficient (Wildman–Crippen LogP) is 1.57. The van der Waals surface area contributed by atoms with E-state index in [9.17, 15) is 4.79 Å². The summed E-state index contributed by atoms with van der Waals surface area (Å²) in [5.41, 5.74) is 0. The van der Waals surface area contributed by atoms with E-state index in [2.05, 4.69) is 14.9 Å². The molecular formula is C13H19N3O3. The first-order valence-electron chi connectivity index (χ1n) is 6.60. The van der Waals surface area contributed by atoms with Gasteiger partial charge in [0.1, 0.15) is 12.1 Å². The molecule has 1 saturated heterocycles. The summed E-state index contributed by atoms with van der Waals surface area (Å²) in [6, 6.07) is 1.83. The van der Waals surface area contributed by atoms with Crippen LogP contribution < -0.4 is 9.64 Å². The van der Waals surface area contributed by atoms with Crippen molar-refractivity contribution in [2.45, 2.75) is 26.2 Å². The molecule has 1 aliphatic heterocycles. The van der Waals surface area contributed by atoms with Crippen molar-refractivity contribution in [1.29, 1.82) is 0 Å². The molecule has 0 aliphatic carbocycles. The normalized spacial score (nSPS) is 16.4. The highest BCUT2D eigenvalue weighted by Gasteiger charge is 2.22. The van der Waals surface area contributed by atoms with Gasteiger partial charge in [-0.05, 0) is 25.7 Å². The monoisotopic (exact) mass is 265 g/mol. The Bertz CT molecular complexity index is 431. The Balaban J connectivity index is 1.93. The van der Waals surface area contributed by atoms with Crippen LogP contribution in [0.3, 0.4) is 0 Å². The number of nitrogens with zero attached hydrogens (tertiary/aromatic N) is 3. The number of aliphatic carboxylic acids is 1. The van der Waals surface area contributed by atoms with E-state index in [4.69, 9.17) is 9.84 Å². The second kappa shape index (κ2) is 6.36. The van der Waals surface area contributed by atoms with Crippen LogP contribution in [0.2, 0.25) is 0 Å². The Morgan fingerprint density at radius 3 is 2.84 bits per heavy atom. The summed E-state index contributed by atoms with van der Waals surface area (Å²) in [7, 11) is 0. The number of anilines is 1. The smallest absolute Gasteiger partial charge is 0.303 e. The molecule has 104 valence electrons. The lowest BCUT2D eigenvalue weighted by Crippen LogP contribution is -2.34. The minimum absolute atomic E-state index is 0.266. The fourth-order valence-electron chi connectivity index (χ4n) is 2.34. The Labute approximate surface area is 112 Å². The quantitative estimate of drug-likeness (QED) is 0.871.